The average Bonchev–Trinajstić information content (AvgIpc) is 2.55. The second-order valence-corrected chi connectivity index (χ2v) is 6.92. The third-order valence-electron chi connectivity index (χ3n) is 4.10. The number of amides is 1. The number of nitrogens with zero attached hydrogens (tertiary/aromatic N) is 1. The zero-order valence-electron chi connectivity index (χ0n) is 13.2. The lowest BCUT2D eigenvalue weighted by molar-refractivity contribution is -0.141. The summed E-state index contributed by atoms with van der Waals surface area (Å²) in [5.41, 5.74) is -0.308. The summed E-state index contributed by atoms with van der Waals surface area (Å²) in [4.78, 5) is 25.0. The van der Waals surface area contributed by atoms with Crippen LogP contribution in [0.1, 0.15) is 72.1 Å². The Morgan fingerprint density at radius 3 is 2.10 bits per heavy atom. The Labute approximate surface area is 122 Å². The second-order valence-electron chi connectivity index (χ2n) is 6.92. The average molecular weight is 283 g/mol. The van der Waals surface area contributed by atoms with Crippen molar-refractivity contribution in [2.45, 2.75) is 77.7 Å². The van der Waals surface area contributed by atoms with Gasteiger partial charge in [-0.2, -0.15) is 0 Å². The van der Waals surface area contributed by atoms with Crippen molar-refractivity contribution < 1.29 is 14.7 Å². The molecule has 0 radical (unpaired) electrons. The fraction of sp³-hybridized carbons (Fsp3) is 0.875. The van der Waals surface area contributed by atoms with E-state index >= 15 is 0 Å². The molecule has 1 aliphatic rings. The van der Waals surface area contributed by atoms with Crippen LogP contribution in [0.3, 0.4) is 0 Å². The lowest BCUT2D eigenvalue weighted by atomic mass is 9.94. The Morgan fingerprint density at radius 2 is 1.65 bits per heavy atom. The van der Waals surface area contributed by atoms with Gasteiger partial charge in [0.15, 0.2) is 0 Å². The highest BCUT2D eigenvalue weighted by molar-refractivity contribution is 5.78. The van der Waals surface area contributed by atoms with Crippen molar-refractivity contribution in [3.8, 4) is 0 Å². The van der Waals surface area contributed by atoms with Gasteiger partial charge >= 0.3 is 5.97 Å². The maximum absolute atomic E-state index is 12.5. The molecule has 1 N–H and O–H groups in total. The highest BCUT2D eigenvalue weighted by atomic mass is 16.4. The van der Waals surface area contributed by atoms with Crippen LogP contribution in [0.25, 0.3) is 0 Å². The maximum Gasteiger partial charge on any atom is 0.305 e. The van der Waals surface area contributed by atoms with Gasteiger partial charge in [-0.1, -0.05) is 25.7 Å². The highest BCUT2D eigenvalue weighted by Gasteiger charge is 2.28. The van der Waals surface area contributed by atoms with Crippen LogP contribution in [0.5, 0.6) is 0 Å². The first-order valence-corrected chi connectivity index (χ1v) is 7.83. The van der Waals surface area contributed by atoms with Gasteiger partial charge in [0, 0.05) is 18.5 Å². The topological polar surface area (TPSA) is 57.6 Å². The molecule has 0 aromatic carbocycles. The lowest BCUT2D eigenvalue weighted by Gasteiger charge is -2.36. The predicted octanol–water partition coefficient (Wildman–Crippen LogP) is 3.45. The molecule has 0 heterocycles. The highest BCUT2D eigenvalue weighted by Crippen LogP contribution is 2.27. The zero-order valence-corrected chi connectivity index (χ0v) is 13.2. The number of hydrogen-bond donors (Lipinski definition) is 1. The third-order valence-corrected chi connectivity index (χ3v) is 4.10. The summed E-state index contributed by atoms with van der Waals surface area (Å²) in [5, 5.41) is 8.83. The number of aliphatic carboxylic acids is 1. The first-order valence-electron chi connectivity index (χ1n) is 7.83. The number of rotatable bonds is 5. The minimum atomic E-state index is -0.846. The molecule has 0 unspecified atom stereocenters. The van der Waals surface area contributed by atoms with Crippen LogP contribution in [-0.2, 0) is 9.59 Å². The van der Waals surface area contributed by atoms with E-state index in [1.165, 1.54) is 25.7 Å². The summed E-state index contributed by atoms with van der Waals surface area (Å²) >= 11 is 0. The molecule has 0 aliphatic heterocycles. The molecular weight excluding hydrogens is 254 g/mol. The van der Waals surface area contributed by atoms with Crippen LogP contribution in [0, 0.1) is 5.92 Å². The van der Waals surface area contributed by atoms with E-state index in [1.807, 2.05) is 20.8 Å². The monoisotopic (exact) mass is 283 g/mol. The molecule has 116 valence electrons. The Hall–Kier alpha value is -1.06. The number of carbonyl (C=O) groups excluding carboxylic acids is 1. The van der Waals surface area contributed by atoms with Gasteiger partial charge < -0.3 is 10.0 Å². The van der Waals surface area contributed by atoms with Gasteiger partial charge in [0.2, 0.25) is 5.91 Å². The smallest absolute Gasteiger partial charge is 0.305 e. The van der Waals surface area contributed by atoms with E-state index in [2.05, 4.69) is 0 Å². The van der Waals surface area contributed by atoms with E-state index in [-0.39, 0.29) is 17.9 Å². The Morgan fingerprint density at radius 1 is 1.10 bits per heavy atom. The molecule has 0 aromatic rings. The minimum absolute atomic E-state index is 0.0215. The van der Waals surface area contributed by atoms with Crippen LogP contribution in [0.4, 0.5) is 0 Å². The molecule has 1 aliphatic carbocycles. The normalized spacial score (nSPS) is 17.6. The number of hydrogen-bond acceptors (Lipinski definition) is 2. The summed E-state index contributed by atoms with van der Waals surface area (Å²) in [6.07, 6.45) is 7.90. The lowest BCUT2D eigenvalue weighted by Crippen LogP contribution is -2.47. The van der Waals surface area contributed by atoms with E-state index in [1.54, 1.807) is 4.90 Å². The molecule has 4 heteroatoms. The third kappa shape index (κ3) is 5.93. The Kier molecular flexibility index (Phi) is 6.50. The summed E-state index contributed by atoms with van der Waals surface area (Å²) in [5.74, 6) is -0.244. The van der Waals surface area contributed by atoms with Crippen LogP contribution in [-0.4, -0.2) is 34.0 Å². The van der Waals surface area contributed by atoms with Crippen LogP contribution >= 0.6 is 0 Å². The molecule has 0 spiro atoms. The van der Waals surface area contributed by atoms with E-state index < -0.39 is 5.97 Å². The molecule has 1 rings (SSSR count). The molecular formula is C16H29NO3. The van der Waals surface area contributed by atoms with E-state index in [0.29, 0.717) is 18.9 Å². The van der Waals surface area contributed by atoms with Gasteiger partial charge in [-0.3, -0.25) is 9.59 Å². The summed E-state index contributed by atoms with van der Waals surface area (Å²) in [6.45, 7) is 6.23. The molecule has 20 heavy (non-hydrogen) atoms. The van der Waals surface area contributed by atoms with Crippen LogP contribution in [0.2, 0.25) is 0 Å². The van der Waals surface area contributed by atoms with Crippen molar-refractivity contribution in [2.24, 2.45) is 5.92 Å². The fourth-order valence-electron chi connectivity index (χ4n) is 2.97. The molecule has 0 bridgehead atoms. The molecule has 1 amide bonds. The first-order chi connectivity index (χ1) is 9.30. The minimum Gasteiger partial charge on any atom is -0.481 e. The summed E-state index contributed by atoms with van der Waals surface area (Å²) in [7, 11) is 0. The number of carboxylic acid groups (broad SMARTS) is 1. The Balaban J connectivity index is 2.59. The molecule has 1 saturated carbocycles. The van der Waals surface area contributed by atoms with E-state index in [0.717, 1.165) is 12.8 Å². The molecule has 0 saturated heterocycles. The molecule has 4 nitrogen and oxygen atoms in total. The van der Waals surface area contributed by atoms with Gasteiger partial charge in [-0.15, -0.1) is 0 Å². The SMILES string of the molecule is CC(C)(C)N(CCC(=O)O)C(=O)CC1CCCCCC1. The first kappa shape index (κ1) is 17.0. The van der Waals surface area contributed by atoms with Crippen molar-refractivity contribution in [3.63, 3.8) is 0 Å². The van der Waals surface area contributed by atoms with Gasteiger partial charge in [0.25, 0.3) is 0 Å². The van der Waals surface area contributed by atoms with Crippen molar-refractivity contribution in [2.75, 3.05) is 6.54 Å². The van der Waals surface area contributed by atoms with Crippen molar-refractivity contribution in [3.05, 3.63) is 0 Å². The van der Waals surface area contributed by atoms with Crippen molar-refractivity contribution >= 4 is 11.9 Å². The van der Waals surface area contributed by atoms with Crippen molar-refractivity contribution in [1.82, 2.24) is 4.90 Å². The van der Waals surface area contributed by atoms with E-state index in [4.69, 9.17) is 5.11 Å². The maximum atomic E-state index is 12.5. The largest absolute Gasteiger partial charge is 0.481 e. The molecule has 1 fully saturated rings. The van der Waals surface area contributed by atoms with Crippen molar-refractivity contribution in [1.29, 1.82) is 0 Å². The van der Waals surface area contributed by atoms with Gasteiger partial charge in [0.05, 0.1) is 6.42 Å². The van der Waals surface area contributed by atoms with Crippen LogP contribution in [0.15, 0.2) is 0 Å². The van der Waals surface area contributed by atoms with Gasteiger partial charge in [-0.25, -0.2) is 0 Å². The predicted molar refractivity (Wildman–Crippen MR) is 79.5 cm³/mol. The standard InChI is InChI=1S/C16H29NO3/c1-16(2,3)17(11-10-15(19)20)14(18)12-13-8-6-4-5-7-9-13/h13H,4-12H2,1-3H3,(H,19,20). The Bertz CT molecular complexity index is 325. The zero-order chi connectivity index (χ0) is 15.2. The van der Waals surface area contributed by atoms with Crippen LogP contribution < -0.4 is 0 Å². The number of carbonyl (C=O) groups is 2. The van der Waals surface area contributed by atoms with Gasteiger partial charge in [-0.05, 0) is 39.5 Å². The van der Waals surface area contributed by atoms with E-state index in [9.17, 15) is 9.59 Å². The summed E-state index contributed by atoms with van der Waals surface area (Å²) < 4.78 is 0. The summed E-state index contributed by atoms with van der Waals surface area (Å²) in [6, 6.07) is 0. The second kappa shape index (κ2) is 7.65. The molecule has 0 atom stereocenters. The fourth-order valence-corrected chi connectivity index (χ4v) is 2.97. The number of carboxylic acids is 1. The quantitative estimate of drug-likeness (QED) is 0.786. The van der Waals surface area contributed by atoms with Gasteiger partial charge in [0.1, 0.15) is 0 Å². The molecule has 0 aromatic heterocycles.